The van der Waals surface area contributed by atoms with E-state index < -0.39 is 6.35 Å². The highest BCUT2D eigenvalue weighted by molar-refractivity contribution is 6.73. The number of hydrogen-bond acceptors (Lipinski definition) is 1. The van der Waals surface area contributed by atoms with Crippen molar-refractivity contribution in [1.29, 1.82) is 0 Å². The molecule has 4 rings (SSSR count). The van der Waals surface area contributed by atoms with Gasteiger partial charge in [-0.05, 0) is 48.2 Å². The van der Waals surface area contributed by atoms with Crippen LogP contribution in [0.5, 0.6) is 0 Å². The fraction of sp³-hybridized carbons (Fsp3) is 0.406. The van der Waals surface area contributed by atoms with Crippen LogP contribution >= 0.6 is 0 Å². The summed E-state index contributed by atoms with van der Waals surface area (Å²) in [5.41, 5.74) is 9.07. The summed E-state index contributed by atoms with van der Waals surface area (Å²) in [6.45, 7) is 18.7. The lowest BCUT2D eigenvalue weighted by Gasteiger charge is -2.42. The van der Waals surface area contributed by atoms with Crippen molar-refractivity contribution in [3.63, 3.8) is 0 Å². The molecule has 0 aliphatic heterocycles. The van der Waals surface area contributed by atoms with Crippen LogP contribution < -0.4 is 4.57 Å². The molecule has 0 saturated heterocycles. The van der Waals surface area contributed by atoms with Crippen LogP contribution in [-0.2, 0) is 11.2 Å². The predicted octanol–water partition coefficient (Wildman–Crippen LogP) is 8.22. The Labute approximate surface area is 218 Å². The fourth-order valence-electron chi connectivity index (χ4n) is 6.08. The number of aromatic nitrogens is 2. The number of aryl methyl sites for hydroxylation is 3. The molecule has 0 aliphatic rings. The number of benzene rings is 3. The van der Waals surface area contributed by atoms with Crippen molar-refractivity contribution in [1.82, 2.24) is 4.57 Å². The fourth-order valence-corrected chi connectivity index (χ4v) is 6.08. The maximum Gasteiger partial charge on any atom is 0.249 e. The summed E-state index contributed by atoms with van der Waals surface area (Å²) in [5, 5.41) is 2.56. The molecule has 0 amide bonds. The summed E-state index contributed by atoms with van der Waals surface area (Å²) in [6, 6.07) is 19.9. The number of rotatable bonds is 9. The largest absolute Gasteiger partial charge is 0.582 e. The third kappa shape index (κ3) is 4.88. The van der Waals surface area contributed by atoms with Gasteiger partial charge >= 0.3 is 0 Å². The zero-order chi connectivity index (χ0) is 26.0. The van der Waals surface area contributed by atoms with E-state index in [4.69, 9.17) is 4.65 Å². The molecule has 3 nitrogen and oxygen atoms in total. The van der Waals surface area contributed by atoms with E-state index in [9.17, 15) is 0 Å². The first-order valence-electron chi connectivity index (χ1n) is 13.7. The molecule has 190 valence electrons. The normalized spacial score (nSPS) is 12.9. The van der Waals surface area contributed by atoms with Crippen LogP contribution in [0.25, 0.3) is 16.5 Å². The topological polar surface area (TPSA) is 18.0 Å². The second-order valence-corrected chi connectivity index (χ2v) is 10.8. The van der Waals surface area contributed by atoms with Crippen LogP contribution in [0.4, 0.5) is 0 Å². The van der Waals surface area contributed by atoms with Crippen molar-refractivity contribution >= 4 is 17.1 Å². The minimum atomic E-state index is -0.897. The van der Waals surface area contributed by atoms with Crippen molar-refractivity contribution in [3.8, 4) is 5.69 Å². The highest BCUT2D eigenvalue weighted by atomic mass is 16.5. The lowest BCUT2D eigenvalue weighted by Crippen LogP contribution is -2.44. The Morgan fingerprint density at radius 2 is 1.44 bits per heavy atom. The molecule has 0 N–H and O–H groups in total. The minimum Gasteiger partial charge on any atom is -0.582 e. The molecule has 4 heteroatoms. The van der Waals surface area contributed by atoms with Gasteiger partial charge in [0, 0.05) is 13.8 Å². The number of hydrogen-bond donors (Lipinski definition) is 0. The second kappa shape index (κ2) is 10.6. The van der Waals surface area contributed by atoms with Gasteiger partial charge in [0.15, 0.2) is 0 Å². The van der Waals surface area contributed by atoms with E-state index >= 15 is 0 Å². The molecule has 1 atom stereocenters. The van der Waals surface area contributed by atoms with E-state index in [1.807, 2.05) is 0 Å². The van der Waals surface area contributed by atoms with Gasteiger partial charge < -0.3 is 4.65 Å². The summed E-state index contributed by atoms with van der Waals surface area (Å²) in [7, 11) is 0. The molecular formula is C32H43BN2O. The van der Waals surface area contributed by atoms with Crippen LogP contribution in [0.3, 0.4) is 0 Å². The molecule has 1 aromatic heterocycles. The Hall–Kier alpha value is -2.85. The van der Waals surface area contributed by atoms with Crippen molar-refractivity contribution in [2.75, 3.05) is 0 Å². The highest BCUT2D eigenvalue weighted by Crippen LogP contribution is 2.34. The Kier molecular flexibility index (Phi) is 7.75. The Balaban J connectivity index is 1.83. The summed E-state index contributed by atoms with van der Waals surface area (Å²) in [6.07, 6.45) is 4.58. The number of fused-ring (bicyclic) bond motifs is 1. The van der Waals surface area contributed by atoms with Gasteiger partial charge in [-0.2, -0.15) is 23.5 Å². The van der Waals surface area contributed by atoms with Gasteiger partial charge in [-0.15, -0.1) is 0 Å². The van der Waals surface area contributed by atoms with Crippen LogP contribution in [-0.4, -0.2) is 10.9 Å². The molecule has 0 saturated carbocycles. The maximum absolute atomic E-state index is 7.19. The number of imidazole rings is 1. The SMILES string of the molecule is CC[B-](CC)(CC)OC(C[n+]1cn(-c2c(C)cc(C)cc2C)c(C)c1C)c1cccc2ccccc12. The lowest BCUT2D eigenvalue weighted by atomic mass is 9.34. The van der Waals surface area contributed by atoms with Gasteiger partial charge in [0.1, 0.15) is 30.0 Å². The van der Waals surface area contributed by atoms with Gasteiger partial charge in [0.05, 0.1) is 6.10 Å². The van der Waals surface area contributed by atoms with E-state index in [2.05, 4.69) is 125 Å². The molecule has 0 fully saturated rings. The van der Waals surface area contributed by atoms with Crippen LogP contribution in [0.15, 0.2) is 60.9 Å². The van der Waals surface area contributed by atoms with Crippen LogP contribution in [0.1, 0.15) is 60.5 Å². The monoisotopic (exact) mass is 482 g/mol. The first-order chi connectivity index (χ1) is 17.2. The summed E-state index contributed by atoms with van der Waals surface area (Å²) >= 11 is 0. The van der Waals surface area contributed by atoms with E-state index in [1.165, 1.54) is 50.1 Å². The molecule has 36 heavy (non-hydrogen) atoms. The molecule has 0 bridgehead atoms. The third-order valence-electron chi connectivity index (χ3n) is 8.66. The molecule has 0 spiro atoms. The standard InChI is InChI=1S/C32H43BN2O/c1-9-33(10-2,11-3)36-31(30-18-14-16-28-15-12-13-17-29(28)30)21-34-22-35(27(8)26(34)7)32-24(5)19-23(4)20-25(32)6/h12-20,22,31H,9-11,21H2,1-8H3. The average Bonchev–Trinajstić information content (AvgIpc) is 3.14. The predicted molar refractivity (Wildman–Crippen MR) is 155 cm³/mol. The maximum atomic E-state index is 7.19. The number of nitrogens with zero attached hydrogens (tertiary/aromatic N) is 2. The zero-order valence-corrected chi connectivity index (χ0v) is 23.6. The lowest BCUT2D eigenvalue weighted by molar-refractivity contribution is -0.709. The van der Waals surface area contributed by atoms with Gasteiger partial charge in [-0.3, -0.25) is 0 Å². The quantitative estimate of drug-likeness (QED) is 0.174. The minimum absolute atomic E-state index is 0.0184. The molecule has 1 unspecified atom stereocenters. The molecule has 0 aliphatic carbocycles. The Morgan fingerprint density at radius 1 is 0.833 bits per heavy atom. The summed E-state index contributed by atoms with van der Waals surface area (Å²) in [4.78, 5) is 0. The molecule has 4 aromatic rings. The van der Waals surface area contributed by atoms with Crippen molar-refractivity contribution < 1.29 is 9.22 Å². The van der Waals surface area contributed by atoms with E-state index in [1.54, 1.807) is 0 Å². The van der Waals surface area contributed by atoms with Crippen molar-refractivity contribution in [2.45, 2.75) is 87.0 Å². The molecule has 3 aromatic carbocycles. The van der Waals surface area contributed by atoms with Gasteiger partial charge in [0.25, 0.3) is 0 Å². The first-order valence-corrected chi connectivity index (χ1v) is 13.7. The third-order valence-corrected chi connectivity index (χ3v) is 8.66. The summed E-state index contributed by atoms with van der Waals surface area (Å²) < 4.78 is 12.0. The van der Waals surface area contributed by atoms with Crippen LogP contribution in [0, 0.1) is 34.6 Å². The summed E-state index contributed by atoms with van der Waals surface area (Å²) in [5.74, 6) is 0. The Morgan fingerprint density at radius 3 is 2.08 bits per heavy atom. The van der Waals surface area contributed by atoms with Gasteiger partial charge in [-0.25, -0.2) is 4.57 Å². The molecule has 0 radical (unpaired) electrons. The van der Waals surface area contributed by atoms with E-state index in [0.29, 0.717) is 0 Å². The molecular weight excluding hydrogens is 439 g/mol. The zero-order valence-electron chi connectivity index (χ0n) is 23.6. The van der Waals surface area contributed by atoms with Crippen LogP contribution in [0.2, 0.25) is 19.0 Å². The van der Waals surface area contributed by atoms with E-state index in [0.717, 1.165) is 25.5 Å². The van der Waals surface area contributed by atoms with Gasteiger partial charge in [-0.1, -0.05) is 80.9 Å². The average molecular weight is 483 g/mol. The first kappa shape index (κ1) is 26.2. The van der Waals surface area contributed by atoms with E-state index in [-0.39, 0.29) is 6.10 Å². The van der Waals surface area contributed by atoms with Gasteiger partial charge in [0.2, 0.25) is 6.33 Å². The highest BCUT2D eigenvalue weighted by Gasteiger charge is 2.29. The van der Waals surface area contributed by atoms with Crippen molar-refractivity contribution in [3.05, 3.63) is 94.6 Å². The molecule has 1 heterocycles. The second-order valence-electron chi connectivity index (χ2n) is 10.8. The van der Waals surface area contributed by atoms with Crippen molar-refractivity contribution in [2.24, 2.45) is 0 Å². The Bertz CT molecular complexity index is 1330. The smallest absolute Gasteiger partial charge is 0.249 e.